The van der Waals surface area contributed by atoms with Gasteiger partial charge in [0.15, 0.2) is 0 Å². The van der Waals surface area contributed by atoms with Crippen LogP contribution in [0.15, 0.2) is 65.3 Å². The van der Waals surface area contributed by atoms with Crippen molar-refractivity contribution in [1.82, 2.24) is 4.98 Å². The zero-order valence-electron chi connectivity index (χ0n) is 11.9. The monoisotopic (exact) mass is 308 g/mol. The molecule has 0 aliphatic carbocycles. The molecule has 0 unspecified atom stereocenters. The SMILES string of the molecule is O=C(O)c1ccccc1C(=O)Nc1nc(-c2ccccc2)co1. The third-order valence-corrected chi connectivity index (χ3v) is 3.20. The summed E-state index contributed by atoms with van der Waals surface area (Å²) in [6.07, 6.45) is 1.42. The third kappa shape index (κ3) is 3.11. The molecule has 0 aliphatic heterocycles. The Bertz CT molecular complexity index is 856. The first kappa shape index (κ1) is 14.5. The number of rotatable bonds is 4. The lowest BCUT2D eigenvalue weighted by atomic mass is 10.1. The van der Waals surface area contributed by atoms with Gasteiger partial charge in [0, 0.05) is 5.56 Å². The molecule has 2 aromatic carbocycles. The summed E-state index contributed by atoms with van der Waals surface area (Å²) >= 11 is 0. The lowest BCUT2D eigenvalue weighted by Crippen LogP contribution is -2.16. The van der Waals surface area contributed by atoms with E-state index < -0.39 is 11.9 Å². The van der Waals surface area contributed by atoms with Gasteiger partial charge in [0.05, 0.1) is 11.1 Å². The second kappa shape index (κ2) is 6.15. The van der Waals surface area contributed by atoms with Crippen LogP contribution < -0.4 is 5.32 Å². The number of hydrogen-bond donors (Lipinski definition) is 2. The summed E-state index contributed by atoms with van der Waals surface area (Å²) in [6, 6.07) is 15.3. The van der Waals surface area contributed by atoms with Gasteiger partial charge >= 0.3 is 12.0 Å². The van der Waals surface area contributed by atoms with Crippen molar-refractivity contribution >= 4 is 17.9 Å². The van der Waals surface area contributed by atoms with Gasteiger partial charge < -0.3 is 9.52 Å². The fourth-order valence-corrected chi connectivity index (χ4v) is 2.10. The van der Waals surface area contributed by atoms with Crippen LogP contribution in [0.25, 0.3) is 11.3 Å². The van der Waals surface area contributed by atoms with Crippen molar-refractivity contribution in [3.63, 3.8) is 0 Å². The average molecular weight is 308 g/mol. The number of nitrogens with one attached hydrogen (secondary N) is 1. The predicted octanol–water partition coefficient (Wildman–Crippen LogP) is 3.29. The molecule has 23 heavy (non-hydrogen) atoms. The van der Waals surface area contributed by atoms with E-state index in [0.29, 0.717) is 5.69 Å². The minimum absolute atomic E-state index is 0.00837. The number of oxazole rings is 1. The molecule has 0 spiro atoms. The van der Waals surface area contributed by atoms with Crippen molar-refractivity contribution in [2.45, 2.75) is 0 Å². The first-order valence-corrected chi connectivity index (χ1v) is 6.80. The Labute approximate surface area is 131 Å². The molecule has 1 aromatic heterocycles. The summed E-state index contributed by atoms with van der Waals surface area (Å²) in [5.74, 6) is -1.77. The van der Waals surface area contributed by atoms with Gasteiger partial charge in [-0.3, -0.25) is 10.1 Å². The van der Waals surface area contributed by atoms with Gasteiger partial charge in [-0.05, 0) is 12.1 Å². The largest absolute Gasteiger partial charge is 0.478 e. The lowest BCUT2D eigenvalue weighted by molar-refractivity contribution is 0.0692. The van der Waals surface area contributed by atoms with Gasteiger partial charge in [0.25, 0.3) is 5.91 Å². The Morgan fingerprint density at radius 2 is 1.61 bits per heavy atom. The number of amides is 1. The van der Waals surface area contributed by atoms with Crippen LogP contribution in [-0.2, 0) is 0 Å². The second-order valence-electron chi connectivity index (χ2n) is 4.71. The van der Waals surface area contributed by atoms with Crippen LogP contribution in [0.5, 0.6) is 0 Å². The quantitative estimate of drug-likeness (QED) is 0.771. The smallest absolute Gasteiger partial charge is 0.336 e. The number of benzene rings is 2. The van der Waals surface area contributed by atoms with Crippen molar-refractivity contribution in [2.24, 2.45) is 0 Å². The van der Waals surface area contributed by atoms with Gasteiger partial charge in [0.1, 0.15) is 12.0 Å². The number of carboxylic acids is 1. The normalized spacial score (nSPS) is 10.3. The first-order valence-electron chi connectivity index (χ1n) is 6.80. The standard InChI is InChI=1S/C17H12N2O4/c20-15(12-8-4-5-9-13(12)16(21)22)19-17-18-14(10-23-17)11-6-2-1-3-7-11/h1-10H,(H,21,22)(H,18,19,20). The Morgan fingerprint density at radius 3 is 2.30 bits per heavy atom. The van der Waals surface area contributed by atoms with Crippen molar-refractivity contribution in [3.05, 3.63) is 72.0 Å². The zero-order chi connectivity index (χ0) is 16.2. The summed E-state index contributed by atoms with van der Waals surface area (Å²) in [7, 11) is 0. The van der Waals surface area contributed by atoms with Gasteiger partial charge in [0.2, 0.25) is 0 Å². The number of anilines is 1. The molecule has 0 saturated heterocycles. The van der Waals surface area contributed by atoms with Crippen molar-refractivity contribution < 1.29 is 19.1 Å². The Morgan fingerprint density at radius 1 is 0.957 bits per heavy atom. The van der Waals surface area contributed by atoms with Crippen molar-refractivity contribution in [1.29, 1.82) is 0 Å². The van der Waals surface area contributed by atoms with Gasteiger partial charge in [-0.25, -0.2) is 4.79 Å². The van der Waals surface area contributed by atoms with Gasteiger partial charge in [-0.1, -0.05) is 42.5 Å². The molecule has 0 aliphatic rings. The van der Waals surface area contributed by atoms with Gasteiger partial charge in [-0.15, -0.1) is 0 Å². The zero-order valence-corrected chi connectivity index (χ0v) is 11.9. The fraction of sp³-hybridized carbons (Fsp3) is 0. The molecule has 1 heterocycles. The summed E-state index contributed by atoms with van der Waals surface area (Å²) in [6.45, 7) is 0. The van der Waals surface area contributed by atoms with Crippen molar-refractivity contribution in [2.75, 3.05) is 5.32 Å². The highest BCUT2D eigenvalue weighted by Gasteiger charge is 2.17. The maximum atomic E-state index is 12.2. The molecule has 3 rings (SSSR count). The maximum Gasteiger partial charge on any atom is 0.336 e. The number of hydrogen-bond acceptors (Lipinski definition) is 4. The minimum atomic E-state index is -1.17. The number of carboxylic acid groups (broad SMARTS) is 1. The molecule has 1 amide bonds. The van der Waals surface area contributed by atoms with E-state index >= 15 is 0 Å². The molecule has 6 nitrogen and oxygen atoms in total. The van der Waals surface area contributed by atoms with Crippen LogP contribution in [0.3, 0.4) is 0 Å². The molecule has 0 fully saturated rings. The molecule has 0 atom stereocenters. The van der Waals surface area contributed by atoms with Crippen LogP contribution in [0, 0.1) is 0 Å². The molecule has 0 saturated carbocycles. The first-order chi connectivity index (χ1) is 11.1. The van der Waals surface area contributed by atoms with Crippen molar-refractivity contribution in [3.8, 4) is 11.3 Å². The summed E-state index contributed by atoms with van der Waals surface area (Å²) in [4.78, 5) is 27.5. The molecular formula is C17H12N2O4. The minimum Gasteiger partial charge on any atom is -0.478 e. The maximum absolute atomic E-state index is 12.2. The van der Waals surface area contributed by atoms with Crippen LogP contribution in [0.1, 0.15) is 20.7 Å². The van der Waals surface area contributed by atoms with E-state index in [2.05, 4.69) is 10.3 Å². The molecule has 3 aromatic rings. The highest BCUT2D eigenvalue weighted by Crippen LogP contribution is 2.21. The molecule has 6 heteroatoms. The van der Waals surface area contributed by atoms with E-state index in [1.807, 2.05) is 30.3 Å². The van der Waals surface area contributed by atoms with Crippen LogP contribution in [0.4, 0.5) is 6.01 Å². The third-order valence-electron chi connectivity index (χ3n) is 3.20. The molecule has 114 valence electrons. The Hall–Kier alpha value is -3.41. The number of carbonyl (C=O) groups excluding carboxylic acids is 1. The number of carbonyl (C=O) groups is 2. The topological polar surface area (TPSA) is 92.4 Å². The summed E-state index contributed by atoms with van der Waals surface area (Å²) < 4.78 is 5.22. The Balaban J connectivity index is 1.82. The molecular weight excluding hydrogens is 296 g/mol. The van der Waals surface area contributed by atoms with E-state index in [1.54, 1.807) is 12.1 Å². The fourth-order valence-electron chi connectivity index (χ4n) is 2.10. The highest BCUT2D eigenvalue weighted by molar-refractivity contribution is 6.10. The Kier molecular flexibility index (Phi) is 3.88. The highest BCUT2D eigenvalue weighted by atomic mass is 16.4. The van der Waals surface area contributed by atoms with Crippen LogP contribution in [-0.4, -0.2) is 22.0 Å². The van der Waals surface area contributed by atoms with Gasteiger partial charge in [-0.2, -0.15) is 4.98 Å². The predicted molar refractivity (Wildman–Crippen MR) is 83.3 cm³/mol. The van der Waals surface area contributed by atoms with E-state index in [9.17, 15) is 9.59 Å². The number of aromatic nitrogens is 1. The van der Waals surface area contributed by atoms with Crippen LogP contribution >= 0.6 is 0 Å². The molecule has 0 bridgehead atoms. The summed E-state index contributed by atoms with van der Waals surface area (Å²) in [5.41, 5.74) is 1.38. The van der Waals surface area contributed by atoms with E-state index in [-0.39, 0.29) is 17.1 Å². The van der Waals surface area contributed by atoms with E-state index in [4.69, 9.17) is 9.52 Å². The second-order valence-corrected chi connectivity index (χ2v) is 4.71. The number of nitrogens with zero attached hydrogens (tertiary/aromatic N) is 1. The summed E-state index contributed by atoms with van der Waals surface area (Å²) in [5, 5.41) is 11.6. The molecule has 2 N–H and O–H groups in total. The lowest BCUT2D eigenvalue weighted by Gasteiger charge is -2.04. The average Bonchev–Trinajstić information content (AvgIpc) is 3.04. The number of aromatic carboxylic acids is 1. The van der Waals surface area contributed by atoms with E-state index in [0.717, 1.165) is 5.56 Å². The van der Waals surface area contributed by atoms with E-state index in [1.165, 1.54) is 18.4 Å². The molecule has 0 radical (unpaired) electrons. The van der Waals surface area contributed by atoms with Crippen LogP contribution in [0.2, 0.25) is 0 Å².